The highest BCUT2D eigenvalue weighted by molar-refractivity contribution is 7.89. The lowest BCUT2D eigenvalue weighted by atomic mass is 10.0. The van der Waals surface area contributed by atoms with Gasteiger partial charge < -0.3 is 5.32 Å². The summed E-state index contributed by atoms with van der Waals surface area (Å²) in [5, 5.41) is 2.83. The number of sulfonamides is 1. The fourth-order valence-electron chi connectivity index (χ4n) is 2.51. The van der Waals surface area contributed by atoms with Gasteiger partial charge in [0.25, 0.3) is 5.91 Å². The molecule has 0 spiro atoms. The van der Waals surface area contributed by atoms with E-state index in [1.807, 2.05) is 25.1 Å². The number of hydrogen-bond donors (Lipinski definition) is 2. The van der Waals surface area contributed by atoms with Crippen molar-refractivity contribution in [2.24, 2.45) is 0 Å². The van der Waals surface area contributed by atoms with E-state index in [0.29, 0.717) is 11.1 Å². The summed E-state index contributed by atoms with van der Waals surface area (Å²) in [4.78, 5) is 12.3. The molecule has 2 aromatic carbocycles. The molecule has 1 amide bonds. The first-order valence-electron chi connectivity index (χ1n) is 7.08. The van der Waals surface area contributed by atoms with Crippen LogP contribution in [0.3, 0.4) is 0 Å². The van der Waals surface area contributed by atoms with Gasteiger partial charge in [-0.1, -0.05) is 24.3 Å². The standard InChI is InChI=1S/C17H16N2O3S/c1-11-6-7-14-15(17(20)19-16(14)8-11)10-12-4-3-5-13(9-12)23(21,22)18-2/h3-10,18H,1-2H3,(H,19,20). The molecule has 0 saturated carbocycles. The van der Waals surface area contributed by atoms with Crippen molar-refractivity contribution in [2.45, 2.75) is 11.8 Å². The van der Waals surface area contributed by atoms with Crippen molar-refractivity contribution in [3.8, 4) is 0 Å². The molecule has 1 heterocycles. The molecule has 23 heavy (non-hydrogen) atoms. The van der Waals surface area contributed by atoms with Gasteiger partial charge in [0.15, 0.2) is 0 Å². The number of carbonyl (C=O) groups excluding carboxylic acids is 1. The van der Waals surface area contributed by atoms with E-state index in [2.05, 4.69) is 10.0 Å². The molecule has 0 unspecified atom stereocenters. The van der Waals surface area contributed by atoms with Crippen molar-refractivity contribution in [1.82, 2.24) is 4.72 Å². The Morgan fingerprint density at radius 3 is 2.65 bits per heavy atom. The summed E-state index contributed by atoms with van der Waals surface area (Å²) < 4.78 is 26.0. The van der Waals surface area contributed by atoms with Gasteiger partial charge in [0.1, 0.15) is 0 Å². The molecule has 0 atom stereocenters. The number of rotatable bonds is 3. The largest absolute Gasteiger partial charge is 0.321 e. The average Bonchev–Trinajstić information content (AvgIpc) is 2.82. The van der Waals surface area contributed by atoms with Crippen LogP contribution in [0.5, 0.6) is 0 Å². The van der Waals surface area contributed by atoms with Crippen LogP contribution in [0.2, 0.25) is 0 Å². The molecule has 0 aliphatic carbocycles. The molecule has 2 N–H and O–H groups in total. The summed E-state index contributed by atoms with van der Waals surface area (Å²) in [6, 6.07) is 12.2. The average molecular weight is 328 g/mol. The van der Waals surface area contributed by atoms with Crippen LogP contribution >= 0.6 is 0 Å². The summed E-state index contributed by atoms with van der Waals surface area (Å²) in [5.41, 5.74) is 3.84. The molecule has 5 nitrogen and oxygen atoms in total. The lowest BCUT2D eigenvalue weighted by Crippen LogP contribution is -2.18. The van der Waals surface area contributed by atoms with Gasteiger partial charge in [0.05, 0.1) is 4.90 Å². The molecule has 1 aliphatic heterocycles. The zero-order chi connectivity index (χ0) is 16.6. The second-order valence-corrected chi connectivity index (χ2v) is 7.23. The highest BCUT2D eigenvalue weighted by Crippen LogP contribution is 2.33. The Bertz CT molecular complexity index is 931. The smallest absolute Gasteiger partial charge is 0.256 e. The van der Waals surface area contributed by atoms with Crippen molar-refractivity contribution in [3.05, 3.63) is 59.2 Å². The summed E-state index contributed by atoms with van der Waals surface area (Å²) in [6.07, 6.45) is 1.70. The molecule has 0 aromatic heterocycles. The van der Waals surface area contributed by atoms with Gasteiger partial charge in [-0.2, -0.15) is 0 Å². The maximum absolute atomic E-state index is 12.2. The number of hydrogen-bond acceptors (Lipinski definition) is 3. The van der Waals surface area contributed by atoms with E-state index in [-0.39, 0.29) is 10.8 Å². The van der Waals surface area contributed by atoms with Crippen LogP contribution in [0, 0.1) is 6.92 Å². The van der Waals surface area contributed by atoms with Crippen LogP contribution in [0.4, 0.5) is 5.69 Å². The van der Waals surface area contributed by atoms with Crippen LogP contribution in [-0.2, 0) is 14.8 Å². The van der Waals surface area contributed by atoms with E-state index in [1.165, 1.54) is 19.2 Å². The zero-order valence-electron chi connectivity index (χ0n) is 12.8. The van der Waals surface area contributed by atoms with Gasteiger partial charge in [-0.05, 0) is 49.4 Å². The van der Waals surface area contributed by atoms with E-state index in [0.717, 1.165) is 16.8 Å². The Kier molecular flexibility index (Phi) is 3.79. The topological polar surface area (TPSA) is 75.3 Å². The van der Waals surface area contributed by atoms with Crippen LogP contribution in [0.15, 0.2) is 47.4 Å². The Balaban J connectivity index is 2.07. The molecule has 0 saturated heterocycles. The third-order valence-electron chi connectivity index (χ3n) is 3.71. The van der Waals surface area contributed by atoms with Crippen LogP contribution < -0.4 is 10.0 Å². The first-order chi connectivity index (χ1) is 10.9. The predicted molar refractivity (Wildman–Crippen MR) is 90.4 cm³/mol. The third-order valence-corrected chi connectivity index (χ3v) is 5.12. The fraction of sp³-hybridized carbons (Fsp3) is 0.118. The van der Waals surface area contributed by atoms with Gasteiger partial charge in [-0.3, -0.25) is 4.79 Å². The first kappa shape index (κ1) is 15.5. The van der Waals surface area contributed by atoms with Crippen molar-refractivity contribution < 1.29 is 13.2 Å². The molecule has 1 aliphatic rings. The van der Waals surface area contributed by atoms with E-state index in [4.69, 9.17) is 0 Å². The number of fused-ring (bicyclic) bond motifs is 1. The molecule has 3 rings (SSSR count). The van der Waals surface area contributed by atoms with Gasteiger partial charge in [-0.15, -0.1) is 0 Å². The molecule has 2 aromatic rings. The highest BCUT2D eigenvalue weighted by atomic mass is 32.2. The first-order valence-corrected chi connectivity index (χ1v) is 8.57. The van der Waals surface area contributed by atoms with Crippen LogP contribution in [0.1, 0.15) is 16.7 Å². The molecule has 0 fully saturated rings. The molecule has 0 bridgehead atoms. The normalized spacial score (nSPS) is 15.6. The minimum atomic E-state index is -3.51. The molecule has 6 heteroatoms. The number of anilines is 1. The SMILES string of the molecule is CNS(=O)(=O)c1cccc(C=C2C(=O)Nc3cc(C)ccc32)c1. The van der Waals surface area contributed by atoms with Crippen molar-refractivity contribution in [2.75, 3.05) is 12.4 Å². The summed E-state index contributed by atoms with van der Waals surface area (Å²) in [6.45, 7) is 1.96. The molecular formula is C17H16N2O3S. The van der Waals surface area contributed by atoms with E-state index in [9.17, 15) is 13.2 Å². The van der Waals surface area contributed by atoms with Gasteiger partial charge in [0.2, 0.25) is 10.0 Å². The Hall–Kier alpha value is -2.44. The van der Waals surface area contributed by atoms with E-state index < -0.39 is 10.0 Å². The second-order valence-electron chi connectivity index (χ2n) is 5.34. The highest BCUT2D eigenvalue weighted by Gasteiger charge is 2.24. The molecule has 0 radical (unpaired) electrons. The molecule has 118 valence electrons. The minimum Gasteiger partial charge on any atom is -0.321 e. The Labute approximate surface area is 135 Å². The lowest BCUT2D eigenvalue weighted by Gasteiger charge is -2.04. The minimum absolute atomic E-state index is 0.164. The fourth-order valence-corrected chi connectivity index (χ4v) is 3.29. The maximum atomic E-state index is 12.2. The van der Waals surface area contributed by atoms with Gasteiger partial charge in [-0.25, -0.2) is 13.1 Å². The lowest BCUT2D eigenvalue weighted by molar-refractivity contribution is -0.110. The Morgan fingerprint density at radius 2 is 1.91 bits per heavy atom. The number of aryl methyl sites for hydroxylation is 1. The zero-order valence-corrected chi connectivity index (χ0v) is 13.6. The number of nitrogens with one attached hydrogen (secondary N) is 2. The second kappa shape index (κ2) is 5.64. The number of carbonyl (C=O) groups is 1. The Morgan fingerprint density at radius 1 is 1.13 bits per heavy atom. The predicted octanol–water partition coefficient (Wildman–Crippen LogP) is 2.40. The van der Waals surface area contributed by atoms with Gasteiger partial charge in [0, 0.05) is 16.8 Å². The molecular weight excluding hydrogens is 312 g/mol. The van der Waals surface area contributed by atoms with Gasteiger partial charge >= 0.3 is 0 Å². The van der Waals surface area contributed by atoms with Crippen molar-refractivity contribution >= 4 is 33.3 Å². The number of amides is 1. The van der Waals surface area contributed by atoms with Crippen molar-refractivity contribution in [3.63, 3.8) is 0 Å². The van der Waals surface area contributed by atoms with Crippen molar-refractivity contribution in [1.29, 1.82) is 0 Å². The summed E-state index contributed by atoms with van der Waals surface area (Å²) in [7, 11) is -2.15. The van der Waals surface area contributed by atoms with Crippen LogP contribution in [-0.4, -0.2) is 21.4 Å². The van der Waals surface area contributed by atoms with E-state index >= 15 is 0 Å². The maximum Gasteiger partial charge on any atom is 0.256 e. The summed E-state index contributed by atoms with van der Waals surface area (Å²) in [5.74, 6) is -0.188. The third kappa shape index (κ3) is 2.91. The monoisotopic (exact) mass is 328 g/mol. The quantitative estimate of drug-likeness (QED) is 0.850. The van der Waals surface area contributed by atoms with Crippen LogP contribution in [0.25, 0.3) is 11.6 Å². The van der Waals surface area contributed by atoms with E-state index in [1.54, 1.807) is 18.2 Å². The summed E-state index contributed by atoms with van der Waals surface area (Å²) >= 11 is 0. The number of benzene rings is 2.